The molecule has 3 nitrogen and oxygen atoms in total. The fraction of sp³-hybridized carbons (Fsp3) is 0. The van der Waals surface area contributed by atoms with Crippen LogP contribution in [0.3, 0.4) is 0 Å². The molecule has 0 aliphatic carbocycles. The maximum Gasteiger partial charge on any atom is 0.160 e. The summed E-state index contributed by atoms with van der Waals surface area (Å²) in [4.78, 5) is 14.5. The quantitative estimate of drug-likeness (QED) is 0.386. The molecule has 0 atom stereocenters. The number of fused-ring (bicyclic) bond motifs is 1. The van der Waals surface area contributed by atoms with Crippen LogP contribution in [0.1, 0.15) is 9.67 Å². The maximum absolute atomic E-state index is 14.1. The van der Waals surface area contributed by atoms with Gasteiger partial charge >= 0.3 is 0 Å². The average molecular weight is 425 g/mol. The fourth-order valence-electron chi connectivity index (χ4n) is 2.23. The summed E-state index contributed by atoms with van der Waals surface area (Å²) in [5.74, 6) is -0.352. The molecule has 0 bridgehead atoms. The van der Waals surface area contributed by atoms with Crippen molar-refractivity contribution in [3.05, 3.63) is 45.5 Å². The van der Waals surface area contributed by atoms with Gasteiger partial charge in [0.05, 0.1) is 21.1 Å². The molecule has 4 rings (SSSR count). The lowest BCUT2D eigenvalue weighted by atomic mass is 10.1. The monoisotopic (exact) mass is 424 g/mol. The summed E-state index contributed by atoms with van der Waals surface area (Å²) >= 11 is 7.27. The van der Waals surface area contributed by atoms with E-state index < -0.39 is 0 Å². The highest BCUT2D eigenvalue weighted by Gasteiger charge is 2.17. The van der Waals surface area contributed by atoms with Crippen LogP contribution in [0.5, 0.6) is 0 Å². The van der Waals surface area contributed by atoms with Crippen LogP contribution in [-0.2, 0) is 0 Å². The zero-order valence-electron chi connectivity index (χ0n) is 11.2. The molecule has 8 heteroatoms. The van der Waals surface area contributed by atoms with Crippen LogP contribution in [0.25, 0.3) is 31.2 Å². The van der Waals surface area contributed by atoms with Gasteiger partial charge in [-0.1, -0.05) is 0 Å². The van der Waals surface area contributed by atoms with Crippen molar-refractivity contribution in [2.45, 2.75) is 0 Å². The molecule has 0 aliphatic rings. The van der Waals surface area contributed by atoms with E-state index in [1.165, 1.54) is 17.4 Å². The Labute approximate surface area is 150 Å². The number of carbonyl (C=O) groups excluding carboxylic acids is 1. The van der Waals surface area contributed by atoms with Crippen molar-refractivity contribution < 1.29 is 9.18 Å². The predicted octanol–water partition coefficient (Wildman–Crippen LogP) is 5.86. The van der Waals surface area contributed by atoms with E-state index in [-0.39, 0.29) is 5.82 Å². The molecule has 0 amide bonds. The summed E-state index contributed by atoms with van der Waals surface area (Å²) in [6.07, 6.45) is 0.845. The highest BCUT2D eigenvalue weighted by Crippen LogP contribution is 2.41. The van der Waals surface area contributed by atoms with Crippen molar-refractivity contribution >= 4 is 67.7 Å². The summed E-state index contributed by atoms with van der Waals surface area (Å²) in [6.45, 7) is 0. The number of halogens is 2. The zero-order chi connectivity index (χ0) is 16.0. The molecule has 0 fully saturated rings. The van der Waals surface area contributed by atoms with Gasteiger partial charge in [-0.25, -0.2) is 4.39 Å². The van der Waals surface area contributed by atoms with Crippen molar-refractivity contribution in [2.24, 2.45) is 0 Å². The first-order valence-electron chi connectivity index (χ1n) is 6.43. The first-order chi connectivity index (χ1) is 11.2. The Morgan fingerprint density at radius 3 is 2.48 bits per heavy atom. The molecule has 0 spiro atoms. The van der Waals surface area contributed by atoms with Crippen LogP contribution in [0.2, 0.25) is 0 Å². The molecule has 3 heterocycles. The number of hydrogen-bond acceptors (Lipinski definition) is 6. The van der Waals surface area contributed by atoms with Crippen molar-refractivity contribution in [1.29, 1.82) is 0 Å². The van der Waals surface area contributed by atoms with Crippen molar-refractivity contribution in [1.82, 2.24) is 8.75 Å². The number of carbonyl (C=O) groups is 1. The van der Waals surface area contributed by atoms with Crippen LogP contribution in [0.15, 0.2) is 34.8 Å². The first-order valence-corrected chi connectivity index (χ1v) is 9.59. The highest BCUT2D eigenvalue weighted by molar-refractivity contribution is 9.10. The Balaban J connectivity index is 1.85. The molecular formula is C15H6BrFN2OS3. The Morgan fingerprint density at radius 1 is 1.00 bits per heavy atom. The third-order valence-electron chi connectivity index (χ3n) is 3.29. The number of aromatic nitrogens is 2. The van der Waals surface area contributed by atoms with E-state index in [1.807, 2.05) is 18.2 Å². The Kier molecular flexibility index (Phi) is 3.84. The predicted molar refractivity (Wildman–Crippen MR) is 97.1 cm³/mol. The summed E-state index contributed by atoms with van der Waals surface area (Å²) in [6, 6.07) is 9.13. The molecule has 1 aromatic carbocycles. The third kappa shape index (κ3) is 2.55. The van der Waals surface area contributed by atoms with Gasteiger partial charge in [-0.2, -0.15) is 8.75 Å². The largest absolute Gasteiger partial charge is 0.297 e. The van der Waals surface area contributed by atoms with E-state index in [1.54, 1.807) is 17.4 Å². The number of hydrogen-bond donors (Lipinski definition) is 0. The molecule has 4 aromatic rings. The average Bonchev–Trinajstić information content (AvgIpc) is 3.30. The van der Waals surface area contributed by atoms with Gasteiger partial charge in [-0.05, 0) is 46.3 Å². The molecule has 0 N–H and O–H groups in total. The van der Waals surface area contributed by atoms with Crippen LogP contribution >= 0.6 is 50.3 Å². The minimum atomic E-state index is -0.352. The van der Waals surface area contributed by atoms with Crippen LogP contribution in [-0.4, -0.2) is 15.0 Å². The molecule has 0 saturated heterocycles. The minimum absolute atomic E-state index is 0.343. The molecule has 0 unspecified atom stereocenters. The smallest absolute Gasteiger partial charge is 0.160 e. The second-order valence-corrected chi connectivity index (χ2v) is 8.19. The summed E-state index contributed by atoms with van der Waals surface area (Å²) in [5.41, 5.74) is 1.97. The van der Waals surface area contributed by atoms with Gasteiger partial charge in [0.1, 0.15) is 16.9 Å². The fourth-order valence-corrected chi connectivity index (χ4v) is 5.24. The maximum atomic E-state index is 14.1. The Bertz CT molecular complexity index is 1040. The first kappa shape index (κ1) is 15.1. The minimum Gasteiger partial charge on any atom is -0.297 e. The van der Waals surface area contributed by atoms with Gasteiger partial charge in [-0.15, -0.1) is 22.7 Å². The van der Waals surface area contributed by atoms with Crippen LogP contribution in [0.4, 0.5) is 4.39 Å². The molecule has 3 aromatic heterocycles. The molecule has 23 heavy (non-hydrogen) atoms. The number of rotatable bonds is 3. The lowest BCUT2D eigenvalue weighted by Crippen LogP contribution is -1.84. The Hall–Kier alpha value is -1.48. The SMILES string of the molecule is O=Cc1ccc(-c2ccc(-c3cc(F)c(Br)c4nsnc34)s2)s1. The number of nitrogens with zero attached hydrogens (tertiary/aromatic N) is 2. The molecular weight excluding hydrogens is 419 g/mol. The molecule has 0 saturated carbocycles. The Morgan fingerprint density at radius 2 is 1.70 bits per heavy atom. The highest BCUT2D eigenvalue weighted by atomic mass is 79.9. The van der Waals surface area contributed by atoms with Gasteiger partial charge in [0.15, 0.2) is 6.29 Å². The van der Waals surface area contributed by atoms with E-state index in [0.717, 1.165) is 38.2 Å². The number of benzene rings is 1. The number of aldehydes is 1. The normalized spacial score (nSPS) is 11.2. The summed E-state index contributed by atoms with van der Waals surface area (Å²) in [7, 11) is 0. The zero-order valence-corrected chi connectivity index (χ0v) is 15.3. The lowest BCUT2D eigenvalue weighted by molar-refractivity contribution is 0.112. The topological polar surface area (TPSA) is 42.9 Å². The lowest BCUT2D eigenvalue weighted by Gasteiger charge is -2.01. The second kappa shape index (κ2) is 5.86. The third-order valence-corrected chi connectivity index (χ3v) is 6.90. The van der Waals surface area contributed by atoms with E-state index in [9.17, 15) is 9.18 Å². The summed E-state index contributed by atoms with van der Waals surface area (Å²) in [5, 5.41) is 0. The summed E-state index contributed by atoms with van der Waals surface area (Å²) < 4.78 is 22.9. The van der Waals surface area contributed by atoms with Gasteiger partial charge < -0.3 is 0 Å². The standard InChI is InChI=1S/C15H6BrFN2OS3/c16-13-9(17)5-8(14-15(13)19-23-18-14)10-3-4-12(22-10)11-2-1-7(6-20)21-11/h1-6H. The van der Waals surface area contributed by atoms with E-state index in [4.69, 9.17) is 0 Å². The second-order valence-electron chi connectivity index (χ2n) is 4.67. The van der Waals surface area contributed by atoms with Crippen LogP contribution in [0, 0.1) is 5.82 Å². The van der Waals surface area contributed by atoms with Gasteiger partial charge in [0.25, 0.3) is 0 Å². The molecule has 114 valence electrons. The van der Waals surface area contributed by atoms with Gasteiger partial charge in [-0.3, -0.25) is 4.79 Å². The van der Waals surface area contributed by atoms with Crippen molar-refractivity contribution in [3.63, 3.8) is 0 Å². The van der Waals surface area contributed by atoms with Crippen molar-refractivity contribution in [3.8, 4) is 20.2 Å². The van der Waals surface area contributed by atoms with E-state index in [2.05, 4.69) is 24.7 Å². The van der Waals surface area contributed by atoms with Crippen molar-refractivity contribution in [2.75, 3.05) is 0 Å². The van der Waals surface area contributed by atoms with Gasteiger partial charge in [0.2, 0.25) is 0 Å². The number of thiophene rings is 2. The van der Waals surface area contributed by atoms with E-state index >= 15 is 0 Å². The van der Waals surface area contributed by atoms with Gasteiger partial charge in [0, 0.05) is 20.2 Å². The van der Waals surface area contributed by atoms with Crippen LogP contribution < -0.4 is 0 Å². The van der Waals surface area contributed by atoms with E-state index in [0.29, 0.717) is 20.4 Å². The molecule has 0 radical (unpaired) electrons. The molecule has 0 aliphatic heterocycles.